The lowest BCUT2D eigenvalue weighted by Crippen LogP contribution is -2.51. The van der Waals surface area contributed by atoms with Crippen LogP contribution < -0.4 is 20.3 Å². The maximum absolute atomic E-state index is 12.9. The minimum atomic E-state index is -2.36. The molecule has 1 amide bonds. The summed E-state index contributed by atoms with van der Waals surface area (Å²) in [7, 11) is 0. The summed E-state index contributed by atoms with van der Waals surface area (Å²) in [5, 5.41) is 6.78. The number of carbonyl (C=O) groups excluding carboxylic acids is 1. The van der Waals surface area contributed by atoms with Crippen molar-refractivity contribution in [3.63, 3.8) is 0 Å². The first-order chi connectivity index (χ1) is 18.4. The smallest absolute Gasteiger partial charge is 0.254 e. The summed E-state index contributed by atoms with van der Waals surface area (Å²) in [5.74, 6) is 0.853. The normalized spacial score (nSPS) is 20.1. The quantitative estimate of drug-likeness (QED) is 0.469. The van der Waals surface area contributed by atoms with Crippen LogP contribution >= 0.6 is 0 Å². The highest BCUT2D eigenvalue weighted by atomic mass is 16.5. The van der Waals surface area contributed by atoms with Crippen LogP contribution in [-0.2, 0) is 18.3 Å². The molecule has 7 rings (SSSR count). The van der Waals surface area contributed by atoms with E-state index in [0.29, 0.717) is 71.6 Å². The van der Waals surface area contributed by atoms with Gasteiger partial charge in [-0.1, -0.05) is 0 Å². The number of ether oxygens (including phenoxy) is 2. The molecule has 3 aliphatic heterocycles. The second kappa shape index (κ2) is 7.67. The Morgan fingerprint density at radius 2 is 2.20 bits per heavy atom. The Kier molecular flexibility index (Phi) is 3.79. The van der Waals surface area contributed by atoms with Gasteiger partial charge in [0.2, 0.25) is 5.88 Å². The fraction of sp³-hybridized carbons (Fsp3) is 0.280. The second-order valence-electron chi connectivity index (χ2n) is 8.72. The van der Waals surface area contributed by atoms with E-state index in [1.54, 1.807) is 24.5 Å². The first kappa shape index (κ1) is 17.3. The van der Waals surface area contributed by atoms with Gasteiger partial charge in [0.15, 0.2) is 0 Å². The molecule has 0 radical (unpaired) electrons. The number of nitrogens with one attached hydrogen (secondary N) is 2. The van der Waals surface area contributed by atoms with Crippen molar-refractivity contribution in [3.8, 4) is 17.1 Å². The van der Waals surface area contributed by atoms with Crippen LogP contribution in [0.2, 0.25) is 0 Å². The van der Waals surface area contributed by atoms with Gasteiger partial charge in [-0.05, 0) is 24.3 Å². The first-order valence-corrected chi connectivity index (χ1v) is 11.4. The number of nitrogens with zero attached hydrogens (tertiary/aromatic N) is 5. The van der Waals surface area contributed by atoms with E-state index < -0.39 is 6.98 Å². The predicted octanol–water partition coefficient (Wildman–Crippen LogP) is 2.61. The Balaban J connectivity index is 1.26. The van der Waals surface area contributed by atoms with Gasteiger partial charge in [0.1, 0.15) is 23.8 Å². The minimum Gasteiger partial charge on any atom is -0.474 e. The third kappa shape index (κ3) is 3.13. The van der Waals surface area contributed by atoms with E-state index in [1.807, 2.05) is 12.1 Å². The molecule has 176 valence electrons. The van der Waals surface area contributed by atoms with Crippen LogP contribution in [0.5, 0.6) is 5.88 Å². The van der Waals surface area contributed by atoms with E-state index in [9.17, 15) is 4.79 Å². The standard InChI is InChI=1S/C25H23N7O3/c1-31-7-5-16-15(4-6-26-23(16)31)22-17-10-28-24(33)21(17)18(11-27-22)29-20-3-2-19-25(30-20)35-13-14-12-34-9-8-32(14)19/h2-7,11,14H,8-10,12-13H2,1H3,(H,28,33)(H,29,30)/t14-/m0/s1/i1D3. The Labute approximate surface area is 205 Å². The van der Waals surface area contributed by atoms with E-state index in [0.717, 1.165) is 22.4 Å². The highest BCUT2D eigenvalue weighted by Crippen LogP contribution is 2.38. The molecule has 4 aromatic rings. The molecule has 10 nitrogen and oxygen atoms in total. The largest absolute Gasteiger partial charge is 0.474 e. The fourth-order valence-electron chi connectivity index (χ4n) is 5.06. The lowest BCUT2D eigenvalue weighted by Gasteiger charge is -2.40. The van der Waals surface area contributed by atoms with Crippen molar-refractivity contribution in [3.05, 3.63) is 54.0 Å². The van der Waals surface area contributed by atoms with Crippen molar-refractivity contribution in [2.75, 3.05) is 36.6 Å². The van der Waals surface area contributed by atoms with Crippen LogP contribution in [0.3, 0.4) is 0 Å². The van der Waals surface area contributed by atoms with Crippen LogP contribution in [-0.4, -0.2) is 57.8 Å². The molecule has 0 aromatic carbocycles. The summed E-state index contributed by atoms with van der Waals surface area (Å²) < 4.78 is 36.0. The monoisotopic (exact) mass is 472 g/mol. The van der Waals surface area contributed by atoms with Crippen molar-refractivity contribution < 1.29 is 18.4 Å². The minimum absolute atomic E-state index is 0.178. The third-order valence-corrected chi connectivity index (χ3v) is 6.73. The molecule has 0 unspecified atom stereocenters. The van der Waals surface area contributed by atoms with Crippen molar-refractivity contribution in [2.45, 2.75) is 12.6 Å². The topological polar surface area (TPSA) is 106 Å². The summed E-state index contributed by atoms with van der Waals surface area (Å²) in [6, 6.07) is 7.50. The van der Waals surface area contributed by atoms with Gasteiger partial charge in [0.05, 0.1) is 42.4 Å². The predicted molar refractivity (Wildman–Crippen MR) is 130 cm³/mol. The average molecular weight is 473 g/mol. The third-order valence-electron chi connectivity index (χ3n) is 6.73. The zero-order chi connectivity index (χ0) is 26.0. The summed E-state index contributed by atoms with van der Waals surface area (Å²) in [5.41, 5.74) is 4.29. The first-order valence-electron chi connectivity index (χ1n) is 12.9. The Morgan fingerprint density at radius 3 is 3.14 bits per heavy atom. The molecule has 3 aliphatic rings. The number of aryl methyl sites for hydroxylation is 1. The van der Waals surface area contributed by atoms with Gasteiger partial charge in [-0.15, -0.1) is 0 Å². The number of rotatable bonds is 3. The van der Waals surface area contributed by atoms with Gasteiger partial charge in [-0.2, -0.15) is 4.98 Å². The van der Waals surface area contributed by atoms with E-state index in [1.165, 1.54) is 6.20 Å². The Bertz CT molecular complexity index is 1600. The maximum Gasteiger partial charge on any atom is 0.254 e. The van der Waals surface area contributed by atoms with E-state index >= 15 is 0 Å². The number of pyridine rings is 3. The van der Waals surface area contributed by atoms with Gasteiger partial charge >= 0.3 is 0 Å². The molecule has 2 N–H and O–H groups in total. The fourth-order valence-corrected chi connectivity index (χ4v) is 5.06. The van der Waals surface area contributed by atoms with Crippen molar-refractivity contribution in [2.24, 2.45) is 6.98 Å². The van der Waals surface area contributed by atoms with Gasteiger partial charge in [-0.3, -0.25) is 9.78 Å². The molecule has 4 aromatic heterocycles. The molecule has 1 fully saturated rings. The number of amides is 1. The number of morpholine rings is 1. The van der Waals surface area contributed by atoms with Gasteiger partial charge in [0.25, 0.3) is 5.91 Å². The molecule has 1 atom stereocenters. The van der Waals surface area contributed by atoms with Gasteiger partial charge < -0.3 is 29.6 Å². The second-order valence-corrected chi connectivity index (χ2v) is 8.72. The van der Waals surface area contributed by atoms with E-state index in [4.69, 9.17) is 18.6 Å². The lowest BCUT2D eigenvalue weighted by molar-refractivity contribution is 0.0693. The molecule has 10 heteroatoms. The van der Waals surface area contributed by atoms with Crippen LogP contribution in [0.15, 0.2) is 42.9 Å². The summed E-state index contributed by atoms with van der Waals surface area (Å²) >= 11 is 0. The highest BCUT2D eigenvalue weighted by Gasteiger charge is 2.32. The van der Waals surface area contributed by atoms with Gasteiger partial charge in [0, 0.05) is 53.1 Å². The number of aromatic nitrogens is 4. The molecule has 0 aliphatic carbocycles. The molecule has 0 saturated carbocycles. The van der Waals surface area contributed by atoms with Crippen LogP contribution in [0, 0.1) is 0 Å². The summed E-state index contributed by atoms with van der Waals surface area (Å²) in [6.07, 6.45) is 4.66. The molecule has 1 saturated heterocycles. The number of carbonyl (C=O) groups is 1. The molecule has 0 spiro atoms. The van der Waals surface area contributed by atoms with Crippen molar-refractivity contribution >= 4 is 34.1 Å². The molecule has 35 heavy (non-hydrogen) atoms. The van der Waals surface area contributed by atoms with Crippen LogP contribution in [0.1, 0.15) is 20.0 Å². The van der Waals surface area contributed by atoms with Crippen molar-refractivity contribution in [1.29, 1.82) is 0 Å². The molecular formula is C25H23N7O3. The van der Waals surface area contributed by atoms with Crippen LogP contribution in [0.25, 0.3) is 22.3 Å². The summed E-state index contributed by atoms with van der Waals surface area (Å²) in [4.78, 5) is 28.8. The highest BCUT2D eigenvalue weighted by molar-refractivity contribution is 6.06. The number of anilines is 3. The zero-order valence-corrected chi connectivity index (χ0v) is 18.6. The number of hydrogen-bond acceptors (Lipinski definition) is 8. The maximum atomic E-state index is 12.9. The zero-order valence-electron chi connectivity index (χ0n) is 21.6. The van der Waals surface area contributed by atoms with Gasteiger partial charge in [-0.25, -0.2) is 4.98 Å². The van der Waals surface area contributed by atoms with E-state index in [2.05, 4.69) is 25.5 Å². The average Bonchev–Trinajstić information content (AvgIpc) is 3.53. The molecule has 0 bridgehead atoms. The lowest BCUT2D eigenvalue weighted by atomic mass is 10.0. The number of hydrogen-bond donors (Lipinski definition) is 2. The SMILES string of the molecule is [2H]C([2H])([2H])n1ccc2c(-c3ncc(Nc4ccc5c(n4)OC[C@@H]4COCCN54)c4c3CNC4=O)ccnc21. The molecule has 7 heterocycles. The Hall–Kier alpha value is -4.18. The number of fused-ring (bicyclic) bond motifs is 5. The molecular weight excluding hydrogens is 446 g/mol. The van der Waals surface area contributed by atoms with Crippen LogP contribution in [0.4, 0.5) is 17.2 Å². The Morgan fingerprint density at radius 1 is 1.23 bits per heavy atom. The van der Waals surface area contributed by atoms with E-state index in [-0.39, 0.29) is 11.9 Å². The summed E-state index contributed by atoms with van der Waals surface area (Å²) in [6.45, 7) is 0.522. The van der Waals surface area contributed by atoms with Crippen molar-refractivity contribution in [1.82, 2.24) is 24.8 Å².